The van der Waals surface area contributed by atoms with Crippen LogP contribution in [0.5, 0.6) is 5.75 Å². The average molecular weight is 334 g/mol. The SMILES string of the molecule is CCOC(=O)CCCNC(=O)COc1cc(Cl)ccc1Cl. The number of ether oxygens (including phenoxy) is 2. The van der Waals surface area contributed by atoms with Gasteiger partial charge in [-0.25, -0.2) is 0 Å². The normalized spacial score (nSPS) is 10.0. The van der Waals surface area contributed by atoms with Crippen LogP contribution in [0.15, 0.2) is 18.2 Å². The van der Waals surface area contributed by atoms with Gasteiger partial charge in [0.15, 0.2) is 6.61 Å². The van der Waals surface area contributed by atoms with E-state index in [1.165, 1.54) is 6.07 Å². The predicted octanol–water partition coefficient (Wildman–Crippen LogP) is 2.83. The molecule has 1 aromatic carbocycles. The number of nitrogens with one attached hydrogen (secondary N) is 1. The molecule has 0 aromatic heterocycles. The Morgan fingerprint density at radius 2 is 2.05 bits per heavy atom. The van der Waals surface area contributed by atoms with Crippen LogP contribution in [0.4, 0.5) is 0 Å². The highest BCUT2D eigenvalue weighted by molar-refractivity contribution is 6.34. The maximum absolute atomic E-state index is 11.6. The third-order valence-corrected chi connectivity index (χ3v) is 2.98. The molecule has 1 amide bonds. The number of amides is 1. The third-order valence-electron chi connectivity index (χ3n) is 2.44. The van der Waals surface area contributed by atoms with Crippen molar-refractivity contribution >= 4 is 35.1 Å². The first-order valence-electron chi connectivity index (χ1n) is 6.53. The molecule has 0 saturated carbocycles. The maximum atomic E-state index is 11.6. The van der Waals surface area contributed by atoms with Gasteiger partial charge in [0.2, 0.25) is 0 Å². The smallest absolute Gasteiger partial charge is 0.305 e. The van der Waals surface area contributed by atoms with E-state index in [9.17, 15) is 9.59 Å². The Hall–Kier alpha value is -1.46. The topological polar surface area (TPSA) is 64.6 Å². The van der Waals surface area contributed by atoms with Gasteiger partial charge in [-0.3, -0.25) is 9.59 Å². The monoisotopic (exact) mass is 333 g/mol. The highest BCUT2D eigenvalue weighted by atomic mass is 35.5. The minimum atomic E-state index is -0.296. The fourth-order valence-corrected chi connectivity index (χ4v) is 1.81. The van der Waals surface area contributed by atoms with Gasteiger partial charge in [-0.05, 0) is 25.5 Å². The number of hydrogen-bond donors (Lipinski definition) is 1. The molecular formula is C14H17Cl2NO4. The summed E-state index contributed by atoms with van der Waals surface area (Å²) >= 11 is 11.7. The summed E-state index contributed by atoms with van der Waals surface area (Å²) in [6, 6.07) is 4.76. The van der Waals surface area contributed by atoms with Crippen LogP contribution in [-0.4, -0.2) is 31.6 Å². The van der Waals surface area contributed by atoms with Gasteiger partial charge in [0.1, 0.15) is 5.75 Å². The molecule has 0 radical (unpaired) electrons. The maximum Gasteiger partial charge on any atom is 0.305 e. The summed E-state index contributed by atoms with van der Waals surface area (Å²) in [6.45, 7) is 2.32. The predicted molar refractivity (Wildman–Crippen MR) is 80.8 cm³/mol. The molecule has 0 bridgehead atoms. The Labute approximate surface area is 133 Å². The van der Waals surface area contributed by atoms with Gasteiger partial charge >= 0.3 is 5.97 Å². The van der Waals surface area contributed by atoms with Crippen molar-refractivity contribution in [2.24, 2.45) is 0 Å². The van der Waals surface area contributed by atoms with Crippen molar-refractivity contribution < 1.29 is 19.1 Å². The number of carbonyl (C=O) groups excluding carboxylic acids is 2. The number of carbonyl (C=O) groups is 2. The van der Waals surface area contributed by atoms with E-state index in [1.807, 2.05) is 0 Å². The molecule has 0 spiro atoms. The first-order chi connectivity index (χ1) is 10.0. The van der Waals surface area contributed by atoms with Gasteiger partial charge in [-0.2, -0.15) is 0 Å². The van der Waals surface area contributed by atoms with Gasteiger partial charge < -0.3 is 14.8 Å². The van der Waals surface area contributed by atoms with Crippen molar-refractivity contribution in [2.45, 2.75) is 19.8 Å². The average Bonchev–Trinajstić information content (AvgIpc) is 2.45. The van der Waals surface area contributed by atoms with Crippen LogP contribution < -0.4 is 10.1 Å². The Morgan fingerprint density at radius 1 is 1.29 bits per heavy atom. The molecule has 0 unspecified atom stereocenters. The molecule has 0 atom stereocenters. The first-order valence-corrected chi connectivity index (χ1v) is 7.28. The minimum Gasteiger partial charge on any atom is -0.482 e. The quantitative estimate of drug-likeness (QED) is 0.586. The van der Waals surface area contributed by atoms with Crippen LogP contribution in [0.25, 0.3) is 0 Å². The highest BCUT2D eigenvalue weighted by Crippen LogP contribution is 2.27. The lowest BCUT2D eigenvalue weighted by molar-refractivity contribution is -0.143. The van der Waals surface area contributed by atoms with E-state index < -0.39 is 0 Å². The third kappa shape index (κ3) is 7.20. The van der Waals surface area contributed by atoms with Crippen LogP contribution in [-0.2, 0) is 14.3 Å². The van der Waals surface area contributed by atoms with Gasteiger partial charge in [-0.15, -0.1) is 0 Å². The van der Waals surface area contributed by atoms with Crippen molar-refractivity contribution in [2.75, 3.05) is 19.8 Å². The summed E-state index contributed by atoms with van der Waals surface area (Å²) in [5, 5.41) is 3.50. The number of halogens is 2. The van der Waals surface area contributed by atoms with Crippen molar-refractivity contribution in [3.8, 4) is 5.75 Å². The Kier molecular flexibility index (Phi) is 7.93. The molecule has 0 aliphatic rings. The molecule has 0 heterocycles. The lowest BCUT2D eigenvalue weighted by Gasteiger charge is -2.09. The number of esters is 1. The highest BCUT2D eigenvalue weighted by Gasteiger charge is 2.07. The van der Waals surface area contributed by atoms with Gasteiger partial charge in [0, 0.05) is 24.1 Å². The molecule has 21 heavy (non-hydrogen) atoms. The number of benzene rings is 1. The molecule has 0 aliphatic carbocycles. The van der Waals surface area contributed by atoms with Crippen LogP contribution in [0.3, 0.4) is 0 Å². The molecule has 5 nitrogen and oxygen atoms in total. The van der Waals surface area contributed by atoms with E-state index in [1.54, 1.807) is 19.1 Å². The Bertz CT molecular complexity index is 494. The van der Waals surface area contributed by atoms with E-state index in [0.717, 1.165) is 0 Å². The minimum absolute atomic E-state index is 0.167. The molecular weight excluding hydrogens is 317 g/mol. The zero-order valence-electron chi connectivity index (χ0n) is 11.7. The second kappa shape index (κ2) is 9.47. The van der Waals surface area contributed by atoms with Gasteiger partial charge in [0.25, 0.3) is 5.91 Å². The van der Waals surface area contributed by atoms with E-state index >= 15 is 0 Å². The molecule has 1 rings (SSSR count). The van der Waals surface area contributed by atoms with E-state index in [2.05, 4.69) is 5.32 Å². The number of hydrogen-bond acceptors (Lipinski definition) is 4. The molecule has 1 aromatic rings. The van der Waals surface area contributed by atoms with E-state index in [4.69, 9.17) is 32.7 Å². The standard InChI is InChI=1S/C14H17Cl2NO4/c1-2-20-14(19)4-3-7-17-13(18)9-21-12-8-10(15)5-6-11(12)16/h5-6,8H,2-4,7,9H2,1H3,(H,17,18). The summed E-state index contributed by atoms with van der Waals surface area (Å²) in [5.41, 5.74) is 0. The fraction of sp³-hybridized carbons (Fsp3) is 0.429. The molecule has 1 N–H and O–H groups in total. The van der Waals surface area contributed by atoms with Gasteiger partial charge in [-0.1, -0.05) is 23.2 Å². The van der Waals surface area contributed by atoms with Crippen molar-refractivity contribution in [3.63, 3.8) is 0 Å². The molecule has 7 heteroatoms. The molecule has 116 valence electrons. The summed E-state index contributed by atoms with van der Waals surface area (Å²) in [4.78, 5) is 22.6. The molecule has 0 aliphatic heterocycles. The first kappa shape index (κ1) is 17.6. The number of rotatable bonds is 8. The van der Waals surface area contributed by atoms with E-state index in [0.29, 0.717) is 35.4 Å². The van der Waals surface area contributed by atoms with Crippen LogP contribution >= 0.6 is 23.2 Å². The second-order valence-electron chi connectivity index (χ2n) is 4.12. The summed E-state index contributed by atoms with van der Waals surface area (Å²) < 4.78 is 10.1. The largest absolute Gasteiger partial charge is 0.482 e. The summed E-state index contributed by atoms with van der Waals surface area (Å²) in [5.74, 6) is -0.213. The van der Waals surface area contributed by atoms with Gasteiger partial charge in [0.05, 0.1) is 11.6 Å². The zero-order valence-corrected chi connectivity index (χ0v) is 13.2. The van der Waals surface area contributed by atoms with Crippen LogP contribution in [0.2, 0.25) is 10.0 Å². The molecule has 0 fully saturated rings. The Morgan fingerprint density at radius 3 is 2.76 bits per heavy atom. The lowest BCUT2D eigenvalue weighted by atomic mass is 10.3. The molecule has 0 saturated heterocycles. The zero-order chi connectivity index (χ0) is 15.7. The van der Waals surface area contributed by atoms with Crippen molar-refractivity contribution in [3.05, 3.63) is 28.2 Å². The van der Waals surface area contributed by atoms with Crippen LogP contribution in [0.1, 0.15) is 19.8 Å². The lowest BCUT2D eigenvalue weighted by Crippen LogP contribution is -2.30. The second-order valence-corrected chi connectivity index (χ2v) is 4.97. The van der Waals surface area contributed by atoms with Crippen LogP contribution in [0, 0.1) is 0 Å². The Balaban J connectivity index is 2.22. The summed E-state index contributed by atoms with van der Waals surface area (Å²) in [6.07, 6.45) is 0.789. The van der Waals surface area contributed by atoms with Crippen molar-refractivity contribution in [1.29, 1.82) is 0 Å². The summed E-state index contributed by atoms with van der Waals surface area (Å²) in [7, 11) is 0. The fourth-order valence-electron chi connectivity index (χ4n) is 1.48. The van der Waals surface area contributed by atoms with E-state index in [-0.39, 0.29) is 24.9 Å². The van der Waals surface area contributed by atoms with Crippen molar-refractivity contribution in [1.82, 2.24) is 5.32 Å².